The van der Waals surface area contributed by atoms with E-state index in [0.29, 0.717) is 5.82 Å². The van der Waals surface area contributed by atoms with Crippen molar-refractivity contribution < 1.29 is 4.79 Å². The first-order valence-corrected chi connectivity index (χ1v) is 7.21. The third kappa shape index (κ3) is 4.07. The number of pyridine rings is 1. The Morgan fingerprint density at radius 3 is 2.94 bits per heavy atom. The molecule has 2 heterocycles. The Morgan fingerprint density at radius 2 is 2.17 bits per heavy atom. The van der Waals surface area contributed by atoms with E-state index in [1.807, 2.05) is 6.07 Å². The molecular formula is C13H18BrN3O. The fraction of sp³-hybridized carbons (Fsp3) is 0.538. The molecule has 1 aliphatic rings. The lowest BCUT2D eigenvalue weighted by atomic mass is 10.0. The van der Waals surface area contributed by atoms with Gasteiger partial charge < -0.3 is 10.6 Å². The minimum absolute atomic E-state index is 0.0201. The summed E-state index contributed by atoms with van der Waals surface area (Å²) in [4.78, 5) is 16.2. The van der Waals surface area contributed by atoms with Gasteiger partial charge >= 0.3 is 0 Å². The summed E-state index contributed by atoms with van der Waals surface area (Å²) in [6, 6.07) is 3.58. The van der Waals surface area contributed by atoms with Crippen molar-refractivity contribution in [3.63, 3.8) is 0 Å². The third-order valence-electron chi connectivity index (χ3n) is 3.11. The fourth-order valence-corrected chi connectivity index (χ4v) is 2.33. The molecule has 1 unspecified atom stereocenters. The first kappa shape index (κ1) is 13.5. The van der Waals surface area contributed by atoms with Gasteiger partial charge in [-0.1, -0.05) is 19.3 Å². The van der Waals surface area contributed by atoms with Crippen LogP contribution in [0.5, 0.6) is 0 Å². The summed E-state index contributed by atoms with van der Waals surface area (Å²) in [6.07, 6.45) is 7.33. The van der Waals surface area contributed by atoms with Crippen LogP contribution in [0.2, 0.25) is 0 Å². The maximum atomic E-state index is 12.1. The number of nitrogens with one attached hydrogen (secondary N) is 2. The zero-order chi connectivity index (χ0) is 12.8. The average molecular weight is 312 g/mol. The lowest BCUT2D eigenvalue weighted by Gasteiger charge is -2.20. The molecule has 0 aromatic carbocycles. The van der Waals surface area contributed by atoms with E-state index in [0.717, 1.165) is 30.3 Å². The van der Waals surface area contributed by atoms with Crippen molar-refractivity contribution in [1.82, 2.24) is 10.3 Å². The lowest BCUT2D eigenvalue weighted by molar-refractivity contribution is -0.118. The van der Waals surface area contributed by atoms with Gasteiger partial charge in [-0.3, -0.25) is 4.79 Å². The number of hydrogen-bond acceptors (Lipinski definition) is 3. The fourth-order valence-electron chi connectivity index (χ4n) is 2.09. The predicted octanol–water partition coefficient (Wildman–Crippen LogP) is 2.70. The van der Waals surface area contributed by atoms with Gasteiger partial charge in [0.05, 0.1) is 6.04 Å². The number of carbonyl (C=O) groups is 1. The van der Waals surface area contributed by atoms with E-state index >= 15 is 0 Å². The third-order valence-corrected chi connectivity index (χ3v) is 3.57. The van der Waals surface area contributed by atoms with Gasteiger partial charge in [-0.05, 0) is 47.4 Å². The normalized spacial score (nSPS) is 20.8. The summed E-state index contributed by atoms with van der Waals surface area (Å²) in [7, 11) is 0. The van der Waals surface area contributed by atoms with E-state index in [2.05, 4.69) is 31.5 Å². The molecule has 0 aliphatic carbocycles. The van der Waals surface area contributed by atoms with E-state index in [4.69, 9.17) is 0 Å². The summed E-state index contributed by atoms with van der Waals surface area (Å²) >= 11 is 3.32. The molecule has 2 rings (SSSR count). The zero-order valence-electron chi connectivity index (χ0n) is 10.3. The molecule has 2 N–H and O–H groups in total. The van der Waals surface area contributed by atoms with Crippen molar-refractivity contribution >= 4 is 27.7 Å². The van der Waals surface area contributed by atoms with E-state index in [-0.39, 0.29) is 11.9 Å². The number of nitrogens with zero attached hydrogens (tertiary/aromatic N) is 1. The van der Waals surface area contributed by atoms with Crippen LogP contribution in [0.25, 0.3) is 0 Å². The molecule has 18 heavy (non-hydrogen) atoms. The van der Waals surface area contributed by atoms with Crippen molar-refractivity contribution in [3.05, 3.63) is 22.8 Å². The van der Waals surface area contributed by atoms with Gasteiger partial charge in [-0.25, -0.2) is 4.98 Å². The zero-order valence-corrected chi connectivity index (χ0v) is 11.9. The minimum atomic E-state index is -0.0873. The molecule has 0 radical (unpaired) electrons. The van der Waals surface area contributed by atoms with Gasteiger partial charge in [0.25, 0.3) is 0 Å². The van der Waals surface area contributed by atoms with Crippen LogP contribution < -0.4 is 10.6 Å². The molecule has 1 fully saturated rings. The highest BCUT2D eigenvalue weighted by molar-refractivity contribution is 9.10. The van der Waals surface area contributed by atoms with Crippen LogP contribution in [0.4, 0.5) is 5.82 Å². The van der Waals surface area contributed by atoms with Crippen LogP contribution in [-0.4, -0.2) is 23.5 Å². The smallest absolute Gasteiger partial charge is 0.242 e. The number of rotatable bonds is 2. The molecular weight excluding hydrogens is 294 g/mol. The van der Waals surface area contributed by atoms with Crippen molar-refractivity contribution in [2.45, 2.75) is 38.1 Å². The van der Waals surface area contributed by atoms with Crippen LogP contribution in [-0.2, 0) is 4.79 Å². The molecule has 4 nitrogen and oxygen atoms in total. The maximum absolute atomic E-state index is 12.1. The average Bonchev–Trinajstić information content (AvgIpc) is 2.31. The van der Waals surface area contributed by atoms with E-state index in [1.165, 1.54) is 12.8 Å². The highest BCUT2D eigenvalue weighted by Gasteiger charge is 2.18. The highest BCUT2D eigenvalue weighted by Crippen LogP contribution is 2.13. The van der Waals surface area contributed by atoms with Gasteiger partial charge in [0.1, 0.15) is 5.82 Å². The summed E-state index contributed by atoms with van der Waals surface area (Å²) in [5, 5.41) is 6.16. The molecule has 1 amide bonds. The first-order chi connectivity index (χ1) is 8.75. The number of amides is 1. The van der Waals surface area contributed by atoms with Crippen molar-refractivity contribution in [1.29, 1.82) is 0 Å². The monoisotopic (exact) mass is 311 g/mol. The Bertz CT molecular complexity index is 386. The van der Waals surface area contributed by atoms with Crippen LogP contribution in [0, 0.1) is 0 Å². The van der Waals surface area contributed by atoms with Crippen molar-refractivity contribution in [2.75, 3.05) is 11.9 Å². The van der Waals surface area contributed by atoms with Gasteiger partial charge in [-0.15, -0.1) is 0 Å². The number of carbonyl (C=O) groups excluding carboxylic acids is 1. The van der Waals surface area contributed by atoms with Crippen molar-refractivity contribution in [3.8, 4) is 0 Å². The highest BCUT2D eigenvalue weighted by atomic mass is 79.9. The van der Waals surface area contributed by atoms with Crippen LogP contribution in [0.15, 0.2) is 22.8 Å². The standard InChI is InChI=1S/C13H18BrN3O/c14-10-6-7-12(16-9-10)17-13(18)11-5-3-1-2-4-8-15-11/h6-7,9,11,15H,1-5,8H2,(H,16,17,18). The summed E-state index contributed by atoms with van der Waals surface area (Å²) in [6.45, 7) is 0.922. The van der Waals surface area contributed by atoms with Crippen LogP contribution >= 0.6 is 15.9 Å². The summed E-state index contributed by atoms with van der Waals surface area (Å²) < 4.78 is 0.907. The van der Waals surface area contributed by atoms with Crippen molar-refractivity contribution in [2.24, 2.45) is 0 Å². The second kappa shape index (κ2) is 6.85. The van der Waals surface area contributed by atoms with E-state index in [1.54, 1.807) is 12.3 Å². The second-order valence-electron chi connectivity index (χ2n) is 4.56. The molecule has 1 atom stereocenters. The van der Waals surface area contributed by atoms with Gasteiger partial charge in [0.15, 0.2) is 0 Å². The molecule has 1 aromatic heterocycles. The molecule has 0 spiro atoms. The topological polar surface area (TPSA) is 54.0 Å². The number of aromatic nitrogens is 1. The lowest BCUT2D eigenvalue weighted by Crippen LogP contribution is -2.41. The second-order valence-corrected chi connectivity index (χ2v) is 5.48. The Hall–Kier alpha value is -0.940. The number of halogens is 1. The predicted molar refractivity (Wildman–Crippen MR) is 75.4 cm³/mol. The molecule has 1 saturated heterocycles. The number of anilines is 1. The number of hydrogen-bond donors (Lipinski definition) is 2. The van der Waals surface area contributed by atoms with Gasteiger partial charge in [0, 0.05) is 10.7 Å². The molecule has 98 valence electrons. The van der Waals surface area contributed by atoms with Gasteiger partial charge in [-0.2, -0.15) is 0 Å². The van der Waals surface area contributed by atoms with Gasteiger partial charge in [0.2, 0.25) is 5.91 Å². The minimum Gasteiger partial charge on any atom is -0.309 e. The maximum Gasteiger partial charge on any atom is 0.242 e. The Kier molecular flexibility index (Phi) is 5.13. The van der Waals surface area contributed by atoms with E-state index < -0.39 is 0 Å². The molecule has 1 aliphatic heterocycles. The molecule has 0 bridgehead atoms. The first-order valence-electron chi connectivity index (χ1n) is 6.41. The molecule has 5 heteroatoms. The summed E-state index contributed by atoms with van der Waals surface area (Å²) in [5.74, 6) is 0.624. The van der Waals surface area contributed by atoms with Crippen LogP contribution in [0.3, 0.4) is 0 Å². The van der Waals surface area contributed by atoms with Crippen LogP contribution in [0.1, 0.15) is 32.1 Å². The van der Waals surface area contributed by atoms with E-state index in [9.17, 15) is 4.79 Å². The molecule has 1 aromatic rings. The largest absolute Gasteiger partial charge is 0.309 e. The Balaban J connectivity index is 1.91. The SMILES string of the molecule is O=C(Nc1ccc(Br)cn1)C1CCCCCCN1. The quantitative estimate of drug-likeness (QED) is 0.883. The Labute approximate surface area is 116 Å². The molecule has 0 saturated carbocycles. The summed E-state index contributed by atoms with van der Waals surface area (Å²) in [5.41, 5.74) is 0. The Morgan fingerprint density at radius 1 is 1.33 bits per heavy atom.